The number of rotatable bonds is 4. The predicted octanol–water partition coefficient (Wildman–Crippen LogP) is 3.47. The molecule has 1 aliphatic heterocycles. The van der Waals surface area contributed by atoms with Crippen molar-refractivity contribution < 1.29 is 4.74 Å². The van der Waals surface area contributed by atoms with Gasteiger partial charge >= 0.3 is 0 Å². The van der Waals surface area contributed by atoms with Crippen molar-refractivity contribution in [3.63, 3.8) is 0 Å². The molecule has 1 aromatic rings. The zero-order valence-electron chi connectivity index (χ0n) is 10.7. The van der Waals surface area contributed by atoms with Crippen LogP contribution in [0.3, 0.4) is 0 Å². The van der Waals surface area contributed by atoms with Gasteiger partial charge < -0.3 is 10.5 Å². The molecule has 0 aromatic carbocycles. The minimum absolute atomic E-state index is 0.0356. The Labute approximate surface area is 112 Å². The minimum Gasteiger partial charge on any atom is -0.372 e. The van der Waals surface area contributed by atoms with E-state index >= 15 is 0 Å². The number of ether oxygens (including phenoxy) is 1. The summed E-state index contributed by atoms with van der Waals surface area (Å²) in [5, 5.41) is 2.21. The van der Waals surface area contributed by atoms with Gasteiger partial charge in [-0.3, -0.25) is 0 Å². The van der Waals surface area contributed by atoms with E-state index in [-0.39, 0.29) is 6.10 Å². The SMILES string of the molecule is C=C/C=C(\C=C/C)c1csc2c1C(CN)OCC2. The van der Waals surface area contributed by atoms with Crippen LogP contribution in [0.2, 0.25) is 0 Å². The lowest BCUT2D eigenvalue weighted by molar-refractivity contribution is 0.0496. The molecule has 0 spiro atoms. The van der Waals surface area contributed by atoms with E-state index < -0.39 is 0 Å². The summed E-state index contributed by atoms with van der Waals surface area (Å²) in [6.07, 6.45) is 9.03. The van der Waals surface area contributed by atoms with Crippen LogP contribution in [0, 0.1) is 0 Å². The Kier molecular flexibility index (Phi) is 4.53. The summed E-state index contributed by atoms with van der Waals surface area (Å²) in [5.74, 6) is 0. The second-order valence-corrected chi connectivity index (χ2v) is 5.15. The van der Waals surface area contributed by atoms with Gasteiger partial charge in [-0.2, -0.15) is 0 Å². The van der Waals surface area contributed by atoms with Crippen molar-refractivity contribution in [3.8, 4) is 0 Å². The molecule has 0 bridgehead atoms. The predicted molar refractivity (Wildman–Crippen MR) is 78.8 cm³/mol. The largest absolute Gasteiger partial charge is 0.372 e. The van der Waals surface area contributed by atoms with Crippen LogP contribution in [-0.4, -0.2) is 13.2 Å². The van der Waals surface area contributed by atoms with Crippen molar-refractivity contribution >= 4 is 16.9 Å². The number of fused-ring (bicyclic) bond motifs is 1. The maximum Gasteiger partial charge on any atom is 0.0963 e. The Morgan fingerprint density at radius 2 is 2.50 bits per heavy atom. The van der Waals surface area contributed by atoms with Crippen LogP contribution in [0.5, 0.6) is 0 Å². The first-order valence-electron chi connectivity index (χ1n) is 6.19. The van der Waals surface area contributed by atoms with Crippen LogP contribution >= 0.6 is 11.3 Å². The smallest absolute Gasteiger partial charge is 0.0963 e. The highest BCUT2D eigenvalue weighted by atomic mass is 32.1. The second kappa shape index (κ2) is 6.14. The van der Waals surface area contributed by atoms with Gasteiger partial charge in [0.15, 0.2) is 0 Å². The van der Waals surface area contributed by atoms with Crippen LogP contribution in [-0.2, 0) is 11.2 Å². The van der Waals surface area contributed by atoms with Gasteiger partial charge in [0, 0.05) is 23.4 Å². The zero-order chi connectivity index (χ0) is 13.0. The highest BCUT2D eigenvalue weighted by Crippen LogP contribution is 2.38. The summed E-state index contributed by atoms with van der Waals surface area (Å²) >= 11 is 1.81. The summed E-state index contributed by atoms with van der Waals surface area (Å²) in [4.78, 5) is 1.41. The summed E-state index contributed by atoms with van der Waals surface area (Å²) < 4.78 is 5.76. The lowest BCUT2D eigenvalue weighted by Gasteiger charge is -2.23. The second-order valence-electron chi connectivity index (χ2n) is 4.19. The molecule has 1 atom stereocenters. The first-order valence-corrected chi connectivity index (χ1v) is 7.07. The third kappa shape index (κ3) is 2.48. The van der Waals surface area contributed by atoms with Gasteiger partial charge in [-0.15, -0.1) is 11.3 Å². The zero-order valence-corrected chi connectivity index (χ0v) is 11.5. The van der Waals surface area contributed by atoms with E-state index in [0.29, 0.717) is 6.54 Å². The van der Waals surface area contributed by atoms with Crippen molar-refractivity contribution in [2.45, 2.75) is 19.4 Å². The fourth-order valence-electron chi connectivity index (χ4n) is 2.28. The summed E-state index contributed by atoms with van der Waals surface area (Å²) in [6, 6.07) is 0. The molecule has 0 saturated heterocycles. The molecule has 1 aromatic heterocycles. The first-order chi connectivity index (χ1) is 8.81. The molecule has 96 valence electrons. The Morgan fingerprint density at radius 1 is 1.67 bits per heavy atom. The van der Waals surface area contributed by atoms with E-state index in [0.717, 1.165) is 13.0 Å². The number of hydrogen-bond donors (Lipinski definition) is 1. The quantitative estimate of drug-likeness (QED) is 0.842. The topological polar surface area (TPSA) is 35.2 Å². The van der Waals surface area contributed by atoms with Crippen LogP contribution in [0.15, 0.2) is 36.3 Å². The maximum atomic E-state index is 5.82. The third-order valence-electron chi connectivity index (χ3n) is 3.05. The van der Waals surface area contributed by atoms with E-state index in [1.165, 1.54) is 21.6 Å². The Balaban J connectivity index is 2.48. The van der Waals surface area contributed by atoms with E-state index in [1.807, 2.05) is 25.2 Å². The van der Waals surface area contributed by atoms with Crippen LogP contribution in [0.1, 0.15) is 29.0 Å². The molecule has 2 heterocycles. The third-order valence-corrected chi connectivity index (χ3v) is 4.11. The molecule has 18 heavy (non-hydrogen) atoms. The summed E-state index contributed by atoms with van der Waals surface area (Å²) in [6.45, 7) is 7.11. The Morgan fingerprint density at radius 3 is 3.17 bits per heavy atom. The average Bonchev–Trinajstić information content (AvgIpc) is 2.82. The highest BCUT2D eigenvalue weighted by molar-refractivity contribution is 7.10. The Bertz CT molecular complexity index is 485. The molecule has 1 unspecified atom stereocenters. The molecule has 0 radical (unpaired) electrons. The number of nitrogens with two attached hydrogens (primary N) is 1. The molecule has 3 heteroatoms. The number of thiophene rings is 1. The Hall–Kier alpha value is -1.16. The van der Waals surface area contributed by atoms with Gasteiger partial charge in [-0.1, -0.05) is 30.9 Å². The molecule has 0 saturated carbocycles. The van der Waals surface area contributed by atoms with Crippen LogP contribution in [0.4, 0.5) is 0 Å². The molecule has 2 N–H and O–H groups in total. The average molecular weight is 261 g/mol. The van der Waals surface area contributed by atoms with Crippen molar-refractivity contribution in [2.24, 2.45) is 5.73 Å². The molecule has 2 rings (SSSR count). The van der Waals surface area contributed by atoms with Gasteiger partial charge in [0.1, 0.15) is 0 Å². The lowest BCUT2D eigenvalue weighted by Crippen LogP contribution is -2.22. The van der Waals surface area contributed by atoms with Crippen LogP contribution in [0.25, 0.3) is 5.57 Å². The number of allylic oxidation sites excluding steroid dienone is 5. The van der Waals surface area contributed by atoms with E-state index in [1.54, 1.807) is 11.3 Å². The molecule has 2 nitrogen and oxygen atoms in total. The standard InChI is InChI=1S/C15H19NOS/c1-3-5-11(6-4-2)12-10-18-14-7-8-17-13(9-16)15(12)14/h3-6,10,13H,1,7-9,16H2,2H3/b6-4-,11-5+. The monoisotopic (exact) mass is 261 g/mol. The molecule has 0 aliphatic carbocycles. The molecule has 0 amide bonds. The van der Waals surface area contributed by atoms with Crippen LogP contribution < -0.4 is 5.73 Å². The molecular weight excluding hydrogens is 242 g/mol. The minimum atomic E-state index is 0.0356. The van der Waals surface area contributed by atoms with Crippen molar-refractivity contribution in [1.82, 2.24) is 0 Å². The lowest BCUT2D eigenvalue weighted by atomic mass is 9.95. The van der Waals surface area contributed by atoms with Gasteiger partial charge in [0.25, 0.3) is 0 Å². The fraction of sp³-hybridized carbons (Fsp3) is 0.333. The fourth-order valence-corrected chi connectivity index (χ4v) is 3.37. The molecule has 0 fully saturated rings. The van der Waals surface area contributed by atoms with E-state index in [2.05, 4.69) is 18.0 Å². The van der Waals surface area contributed by atoms with E-state index in [9.17, 15) is 0 Å². The molecule has 1 aliphatic rings. The highest BCUT2D eigenvalue weighted by Gasteiger charge is 2.25. The van der Waals surface area contributed by atoms with Gasteiger partial charge in [0.2, 0.25) is 0 Å². The molecular formula is C15H19NOS. The van der Waals surface area contributed by atoms with Gasteiger partial charge in [-0.05, 0) is 23.4 Å². The maximum absolute atomic E-state index is 5.82. The van der Waals surface area contributed by atoms with Crippen molar-refractivity contribution in [3.05, 3.63) is 52.3 Å². The summed E-state index contributed by atoms with van der Waals surface area (Å²) in [5.41, 5.74) is 9.51. The van der Waals surface area contributed by atoms with Crippen molar-refractivity contribution in [2.75, 3.05) is 13.2 Å². The first kappa shape index (κ1) is 13.3. The number of hydrogen-bond acceptors (Lipinski definition) is 3. The van der Waals surface area contributed by atoms with Gasteiger partial charge in [-0.25, -0.2) is 0 Å². The summed E-state index contributed by atoms with van der Waals surface area (Å²) in [7, 11) is 0. The van der Waals surface area contributed by atoms with Gasteiger partial charge in [0.05, 0.1) is 12.7 Å². The van der Waals surface area contributed by atoms with E-state index in [4.69, 9.17) is 10.5 Å². The normalized spacial score (nSPS) is 20.1. The van der Waals surface area contributed by atoms with Crippen molar-refractivity contribution in [1.29, 1.82) is 0 Å².